The summed E-state index contributed by atoms with van der Waals surface area (Å²) in [5.41, 5.74) is 7.71. The van der Waals surface area contributed by atoms with Gasteiger partial charge in [-0.2, -0.15) is 5.10 Å². The molecule has 0 amide bonds. The highest BCUT2D eigenvalue weighted by Gasteiger charge is 2.05. The van der Waals surface area contributed by atoms with Crippen LogP contribution in [0.4, 0.5) is 0 Å². The third-order valence-corrected chi connectivity index (χ3v) is 2.28. The molecule has 2 rings (SSSR count). The fraction of sp³-hybridized carbons (Fsp3) is 0.273. The fourth-order valence-corrected chi connectivity index (χ4v) is 1.48. The summed E-state index contributed by atoms with van der Waals surface area (Å²) in [6.07, 6.45) is 1.72. The molecule has 0 aliphatic rings. The lowest BCUT2D eigenvalue weighted by molar-refractivity contribution is 0.625. The van der Waals surface area contributed by atoms with Gasteiger partial charge >= 0.3 is 0 Å². The van der Waals surface area contributed by atoms with Gasteiger partial charge in [0.05, 0.1) is 6.54 Å². The molecule has 0 spiro atoms. The molecular weight excluding hydrogens is 188 g/mol. The molecule has 0 aliphatic heterocycles. The van der Waals surface area contributed by atoms with E-state index >= 15 is 0 Å². The van der Waals surface area contributed by atoms with Crippen molar-refractivity contribution in [2.75, 3.05) is 6.54 Å². The van der Waals surface area contributed by atoms with E-state index in [0.29, 0.717) is 13.1 Å². The van der Waals surface area contributed by atoms with Crippen LogP contribution in [-0.2, 0) is 6.54 Å². The third kappa shape index (κ3) is 2.05. The summed E-state index contributed by atoms with van der Waals surface area (Å²) < 4.78 is 1.77. The van der Waals surface area contributed by atoms with Crippen LogP contribution in [0.1, 0.15) is 5.56 Å². The molecule has 1 aromatic heterocycles. The van der Waals surface area contributed by atoms with E-state index in [1.807, 2.05) is 18.2 Å². The Morgan fingerprint density at radius 3 is 2.87 bits per heavy atom. The lowest BCUT2D eigenvalue weighted by Gasteiger charge is -1.99. The molecule has 78 valence electrons. The minimum Gasteiger partial charge on any atom is -0.329 e. The Morgan fingerprint density at radius 2 is 2.13 bits per heavy atom. The molecule has 4 nitrogen and oxygen atoms in total. The van der Waals surface area contributed by atoms with Gasteiger partial charge in [-0.05, 0) is 12.5 Å². The van der Waals surface area contributed by atoms with Gasteiger partial charge in [0.15, 0.2) is 5.82 Å². The standard InChI is InChI=1S/C11H14N4/c1-9-4-2-3-5-10(9)11-13-8-15(14-11)7-6-12/h2-5,8H,6-7,12H2,1H3. The van der Waals surface area contributed by atoms with Gasteiger partial charge in [0.1, 0.15) is 6.33 Å². The van der Waals surface area contributed by atoms with E-state index in [-0.39, 0.29) is 0 Å². The zero-order valence-electron chi connectivity index (χ0n) is 8.72. The van der Waals surface area contributed by atoms with Crippen LogP contribution in [0.2, 0.25) is 0 Å². The average Bonchev–Trinajstić information content (AvgIpc) is 2.68. The van der Waals surface area contributed by atoms with E-state index in [0.717, 1.165) is 11.4 Å². The first kappa shape index (κ1) is 9.86. The summed E-state index contributed by atoms with van der Waals surface area (Å²) in [6, 6.07) is 8.08. The highest BCUT2D eigenvalue weighted by atomic mass is 15.3. The zero-order chi connectivity index (χ0) is 10.7. The van der Waals surface area contributed by atoms with E-state index in [9.17, 15) is 0 Å². The van der Waals surface area contributed by atoms with Crippen molar-refractivity contribution >= 4 is 0 Å². The van der Waals surface area contributed by atoms with Gasteiger partial charge in [-0.15, -0.1) is 0 Å². The second kappa shape index (κ2) is 4.23. The Hall–Kier alpha value is -1.68. The van der Waals surface area contributed by atoms with Crippen LogP contribution in [0.5, 0.6) is 0 Å². The third-order valence-electron chi connectivity index (χ3n) is 2.28. The second-order valence-electron chi connectivity index (χ2n) is 3.43. The summed E-state index contributed by atoms with van der Waals surface area (Å²) >= 11 is 0. The number of rotatable bonds is 3. The van der Waals surface area contributed by atoms with Crippen molar-refractivity contribution in [3.63, 3.8) is 0 Å². The minimum atomic E-state index is 0.580. The fourth-order valence-electron chi connectivity index (χ4n) is 1.48. The molecule has 15 heavy (non-hydrogen) atoms. The molecule has 1 aromatic carbocycles. The number of aryl methyl sites for hydroxylation is 1. The number of hydrogen-bond acceptors (Lipinski definition) is 3. The Balaban J connectivity index is 2.33. The summed E-state index contributed by atoms with van der Waals surface area (Å²) in [5, 5.41) is 4.36. The van der Waals surface area contributed by atoms with Gasteiger partial charge < -0.3 is 5.73 Å². The number of nitrogens with two attached hydrogens (primary N) is 1. The summed E-state index contributed by atoms with van der Waals surface area (Å²) in [7, 11) is 0. The molecule has 0 aliphatic carbocycles. The lowest BCUT2D eigenvalue weighted by Crippen LogP contribution is -2.10. The molecule has 1 heterocycles. The van der Waals surface area contributed by atoms with Crippen LogP contribution in [0, 0.1) is 6.92 Å². The lowest BCUT2D eigenvalue weighted by atomic mass is 10.1. The largest absolute Gasteiger partial charge is 0.329 e. The normalized spacial score (nSPS) is 10.5. The molecular formula is C11H14N4. The maximum atomic E-state index is 5.45. The number of nitrogens with zero attached hydrogens (tertiary/aromatic N) is 3. The van der Waals surface area contributed by atoms with Crippen LogP contribution in [0.25, 0.3) is 11.4 Å². The van der Waals surface area contributed by atoms with E-state index in [4.69, 9.17) is 5.73 Å². The monoisotopic (exact) mass is 202 g/mol. The van der Waals surface area contributed by atoms with Gasteiger partial charge in [0, 0.05) is 12.1 Å². The molecule has 4 heteroatoms. The molecule has 0 atom stereocenters. The first-order valence-corrected chi connectivity index (χ1v) is 4.97. The topological polar surface area (TPSA) is 56.7 Å². The number of hydrogen-bond donors (Lipinski definition) is 1. The van der Waals surface area contributed by atoms with Crippen molar-refractivity contribution in [3.8, 4) is 11.4 Å². The smallest absolute Gasteiger partial charge is 0.181 e. The first-order chi connectivity index (χ1) is 7.31. The van der Waals surface area contributed by atoms with Crippen LogP contribution >= 0.6 is 0 Å². The van der Waals surface area contributed by atoms with Gasteiger partial charge in [-0.25, -0.2) is 4.98 Å². The summed E-state index contributed by atoms with van der Waals surface area (Å²) in [5.74, 6) is 0.765. The van der Waals surface area contributed by atoms with E-state index in [2.05, 4.69) is 23.1 Å². The SMILES string of the molecule is Cc1ccccc1-c1ncn(CCN)n1. The highest BCUT2D eigenvalue weighted by Crippen LogP contribution is 2.18. The maximum Gasteiger partial charge on any atom is 0.181 e. The first-order valence-electron chi connectivity index (χ1n) is 4.97. The zero-order valence-corrected chi connectivity index (χ0v) is 8.72. The molecule has 0 saturated carbocycles. The predicted octanol–water partition coefficient (Wildman–Crippen LogP) is 1.21. The molecule has 2 aromatic rings. The van der Waals surface area contributed by atoms with E-state index in [1.54, 1.807) is 11.0 Å². The Morgan fingerprint density at radius 1 is 1.33 bits per heavy atom. The van der Waals surface area contributed by atoms with Crippen LogP contribution < -0.4 is 5.73 Å². The molecule has 0 saturated heterocycles. The molecule has 0 radical (unpaired) electrons. The second-order valence-corrected chi connectivity index (χ2v) is 3.43. The van der Waals surface area contributed by atoms with Crippen molar-refractivity contribution in [3.05, 3.63) is 36.2 Å². The molecule has 2 N–H and O–H groups in total. The van der Waals surface area contributed by atoms with E-state index < -0.39 is 0 Å². The quantitative estimate of drug-likeness (QED) is 0.814. The van der Waals surface area contributed by atoms with Crippen LogP contribution in [0.15, 0.2) is 30.6 Å². The van der Waals surface area contributed by atoms with Crippen molar-refractivity contribution < 1.29 is 0 Å². The molecule has 0 unspecified atom stereocenters. The van der Waals surface area contributed by atoms with Crippen molar-refractivity contribution in [2.45, 2.75) is 13.5 Å². The van der Waals surface area contributed by atoms with Crippen molar-refractivity contribution in [1.29, 1.82) is 0 Å². The summed E-state index contributed by atoms with van der Waals surface area (Å²) in [4.78, 5) is 4.26. The van der Waals surface area contributed by atoms with Crippen molar-refractivity contribution in [1.82, 2.24) is 14.8 Å². The van der Waals surface area contributed by atoms with Crippen LogP contribution in [0.3, 0.4) is 0 Å². The van der Waals surface area contributed by atoms with Crippen LogP contribution in [-0.4, -0.2) is 21.3 Å². The maximum absolute atomic E-state index is 5.45. The Kier molecular flexibility index (Phi) is 2.78. The minimum absolute atomic E-state index is 0.580. The number of aromatic nitrogens is 3. The van der Waals surface area contributed by atoms with Gasteiger partial charge in [-0.3, -0.25) is 4.68 Å². The molecule has 0 bridgehead atoms. The van der Waals surface area contributed by atoms with Crippen molar-refractivity contribution in [2.24, 2.45) is 5.73 Å². The van der Waals surface area contributed by atoms with Gasteiger partial charge in [0.2, 0.25) is 0 Å². The number of benzene rings is 1. The predicted molar refractivity (Wildman–Crippen MR) is 59.2 cm³/mol. The van der Waals surface area contributed by atoms with Gasteiger partial charge in [0.25, 0.3) is 0 Å². The van der Waals surface area contributed by atoms with Gasteiger partial charge in [-0.1, -0.05) is 24.3 Å². The Labute approximate surface area is 88.8 Å². The summed E-state index contributed by atoms with van der Waals surface area (Å²) in [6.45, 7) is 3.34. The van der Waals surface area contributed by atoms with E-state index in [1.165, 1.54) is 5.56 Å². The average molecular weight is 202 g/mol. The molecule has 0 fully saturated rings. The Bertz CT molecular complexity index is 447. The highest BCUT2D eigenvalue weighted by molar-refractivity contribution is 5.58.